The van der Waals surface area contributed by atoms with Gasteiger partial charge in [0.15, 0.2) is 0 Å². The van der Waals surface area contributed by atoms with Crippen molar-refractivity contribution in [1.82, 2.24) is 5.32 Å². The molecule has 3 unspecified atom stereocenters. The first-order valence-corrected chi connectivity index (χ1v) is 6.00. The molecule has 14 heavy (non-hydrogen) atoms. The van der Waals surface area contributed by atoms with Crippen molar-refractivity contribution in [2.24, 2.45) is 11.8 Å². The zero-order valence-electron chi connectivity index (χ0n) is 9.88. The summed E-state index contributed by atoms with van der Waals surface area (Å²) in [6, 6.07) is 0.577. The molecule has 3 atom stereocenters. The Morgan fingerprint density at radius 2 is 2.21 bits per heavy atom. The summed E-state index contributed by atoms with van der Waals surface area (Å²) < 4.78 is 5.22. The number of hydrogen-bond donors (Lipinski definition) is 1. The highest BCUT2D eigenvalue weighted by molar-refractivity contribution is 4.85. The number of nitrogens with one attached hydrogen (secondary N) is 1. The summed E-state index contributed by atoms with van der Waals surface area (Å²) in [6.45, 7) is 6.64. The van der Waals surface area contributed by atoms with Gasteiger partial charge in [0.1, 0.15) is 0 Å². The normalized spacial score (nSPS) is 27.6. The van der Waals surface area contributed by atoms with Gasteiger partial charge >= 0.3 is 0 Å². The molecule has 0 aliphatic heterocycles. The molecule has 0 saturated heterocycles. The summed E-state index contributed by atoms with van der Waals surface area (Å²) >= 11 is 0. The molecule has 0 aromatic heterocycles. The van der Waals surface area contributed by atoms with Crippen molar-refractivity contribution in [3.05, 3.63) is 0 Å². The Bertz CT molecular complexity index is 149. The second kappa shape index (κ2) is 6.41. The predicted molar refractivity (Wildman–Crippen MR) is 60.5 cm³/mol. The maximum absolute atomic E-state index is 5.22. The monoisotopic (exact) mass is 199 g/mol. The molecule has 0 aromatic carbocycles. The number of methoxy groups -OCH3 is 1. The van der Waals surface area contributed by atoms with E-state index < -0.39 is 0 Å². The largest absolute Gasteiger partial charge is 0.383 e. The van der Waals surface area contributed by atoms with Gasteiger partial charge in [-0.1, -0.05) is 26.7 Å². The maximum Gasteiger partial charge on any atom is 0.0615 e. The SMILES string of the molecule is CCCCC(COC)NCC1CC1C. The van der Waals surface area contributed by atoms with Crippen LogP contribution >= 0.6 is 0 Å². The zero-order chi connectivity index (χ0) is 10.4. The van der Waals surface area contributed by atoms with Gasteiger partial charge in [-0.05, 0) is 31.2 Å². The molecule has 1 saturated carbocycles. The van der Waals surface area contributed by atoms with Crippen LogP contribution in [0.2, 0.25) is 0 Å². The number of ether oxygens (including phenoxy) is 1. The third-order valence-electron chi connectivity index (χ3n) is 3.22. The van der Waals surface area contributed by atoms with Crippen LogP contribution in [0, 0.1) is 11.8 Å². The summed E-state index contributed by atoms with van der Waals surface area (Å²) in [4.78, 5) is 0. The molecule has 0 amide bonds. The van der Waals surface area contributed by atoms with Crippen LogP contribution < -0.4 is 5.32 Å². The van der Waals surface area contributed by atoms with E-state index in [0.717, 1.165) is 18.4 Å². The first kappa shape index (κ1) is 12.0. The van der Waals surface area contributed by atoms with Gasteiger partial charge < -0.3 is 10.1 Å². The average Bonchev–Trinajstić information content (AvgIpc) is 2.87. The van der Waals surface area contributed by atoms with Crippen molar-refractivity contribution in [1.29, 1.82) is 0 Å². The first-order valence-electron chi connectivity index (χ1n) is 6.00. The lowest BCUT2D eigenvalue weighted by molar-refractivity contribution is 0.160. The van der Waals surface area contributed by atoms with Gasteiger partial charge in [0.05, 0.1) is 6.61 Å². The van der Waals surface area contributed by atoms with Crippen molar-refractivity contribution >= 4 is 0 Å². The van der Waals surface area contributed by atoms with E-state index in [1.165, 1.54) is 32.2 Å². The van der Waals surface area contributed by atoms with Crippen molar-refractivity contribution in [2.45, 2.75) is 45.6 Å². The molecule has 1 aliphatic carbocycles. The molecule has 84 valence electrons. The van der Waals surface area contributed by atoms with E-state index in [-0.39, 0.29) is 0 Å². The highest BCUT2D eigenvalue weighted by Gasteiger charge is 2.32. The van der Waals surface area contributed by atoms with E-state index in [9.17, 15) is 0 Å². The Morgan fingerprint density at radius 3 is 2.71 bits per heavy atom. The van der Waals surface area contributed by atoms with Gasteiger partial charge in [-0.25, -0.2) is 0 Å². The predicted octanol–water partition coefficient (Wildman–Crippen LogP) is 2.44. The van der Waals surface area contributed by atoms with Crippen LogP contribution in [-0.2, 0) is 4.74 Å². The Morgan fingerprint density at radius 1 is 1.50 bits per heavy atom. The smallest absolute Gasteiger partial charge is 0.0615 e. The highest BCUT2D eigenvalue weighted by atomic mass is 16.5. The van der Waals surface area contributed by atoms with Crippen LogP contribution in [0.15, 0.2) is 0 Å². The van der Waals surface area contributed by atoms with Gasteiger partial charge in [0.25, 0.3) is 0 Å². The number of unbranched alkanes of at least 4 members (excludes halogenated alkanes) is 1. The zero-order valence-corrected chi connectivity index (χ0v) is 9.88. The Kier molecular flexibility index (Phi) is 5.49. The molecule has 1 fully saturated rings. The highest BCUT2D eigenvalue weighted by Crippen LogP contribution is 2.36. The number of hydrogen-bond acceptors (Lipinski definition) is 2. The topological polar surface area (TPSA) is 21.3 Å². The molecule has 1 aliphatic rings. The molecule has 0 aromatic rings. The standard InChI is InChI=1S/C12H25NO/c1-4-5-6-12(9-14-3)13-8-11-7-10(11)2/h10-13H,4-9H2,1-3H3. The maximum atomic E-state index is 5.22. The molecular weight excluding hydrogens is 174 g/mol. The lowest BCUT2D eigenvalue weighted by Crippen LogP contribution is -2.34. The Balaban J connectivity index is 2.07. The minimum Gasteiger partial charge on any atom is -0.383 e. The number of rotatable bonds is 8. The molecule has 0 radical (unpaired) electrons. The summed E-state index contributed by atoms with van der Waals surface area (Å²) in [7, 11) is 1.79. The van der Waals surface area contributed by atoms with Crippen LogP contribution in [-0.4, -0.2) is 26.3 Å². The second-order valence-corrected chi connectivity index (χ2v) is 4.68. The fourth-order valence-electron chi connectivity index (χ4n) is 1.90. The molecule has 0 heterocycles. The van der Waals surface area contributed by atoms with Gasteiger partial charge in [0, 0.05) is 13.2 Å². The molecule has 2 nitrogen and oxygen atoms in total. The third kappa shape index (κ3) is 4.43. The van der Waals surface area contributed by atoms with Crippen molar-refractivity contribution in [3.63, 3.8) is 0 Å². The Hall–Kier alpha value is -0.0800. The second-order valence-electron chi connectivity index (χ2n) is 4.68. The quantitative estimate of drug-likeness (QED) is 0.648. The molecule has 0 bridgehead atoms. The Labute approximate surface area is 88.4 Å². The molecule has 2 heteroatoms. The minimum absolute atomic E-state index is 0.577. The van der Waals surface area contributed by atoms with Gasteiger partial charge in [0.2, 0.25) is 0 Å². The van der Waals surface area contributed by atoms with Gasteiger partial charge in [-0.2, -0.15) is 0 Å². The van der Waals surface area contributed by atoms with Crippen LogP contribution in [0.3, 0.4) is 0 Å². The fraction of sp³-hybridized carbons (Fsp3) is 1.00. The molecule has 0 spiro atoms. The van der Waals surface area contributed by atoms with E-state index in [4.69, 9.17) is 4.74 Å². The average molecular weight is 199 g/mol. The van der Waals surface area contributed by atoms with E-state index in [1.54, 1.807) is 7.11 Å². The van der Waals surface area contributed by atoms with Crippen molar-refractivity contribution in [3.8, 4) is 0 Å². The van der Waals surface area contributed by atoms with Crippen molar-refractivity contribution < 1.29 is 4.74 Å². The van der Waals surface area contributed by atoms with Gasteiger partial charge in [-0.3, -0.25) is 0 Å². The fourth-order valence-corrected chi connectivity index (χ4v) is 1.90. The van der Waals surface area contributed by atoms with Crippen LogP contribution in [0.25, 0.3) is 0 Å². The third-order valence-corrected chi connectivity index (χ3v) is 3.22. The van der Waals surface area contributed by atoms with Crippen LogP contribution in [0.5, 0.6) is 0 Å². The van der Waals surface area contributed by atoms with Crippen LogP contribution in [0.1, 0.15) is 39.5 Å². The lowest BCUT2D eigenvalue weighted by atomic mass is 10.1. The summed E-state index contributed by atoms with van der Waals surface area (Å²) in [6.07, 6.45) is 5.26. The molecule has 1 rings (SSSR count). The molecule has 1 N–H and O–H groups in total. The summed E-state index contributed by atoms with van der Waals surface area (Å²) in [5, 5.41) is 3.62. The van der Waals surface area contributed by atoms with Gasteiger partial charge in [-0.15, -0.1) is 0 Å². The van der Waals surface area contributed by atoms with E-state index >= 15 is 0 Å². The van der Waals surface area contributed by atoms with E-state index in [1.807, 2.05) is 0 Å². The molecular formula is C12H25NO. The summed E-state index contributed by atoms with van der Waals surface area (Å²) in [5.74, 6) is 1.90. The van der Waals surface area contributed by atoms with E-state index in [0.29, 0.717) is 6.04 Å². The van der Waals surface area contributed by atoms with Crippen molar-refractivity contribution in [2.75, 3.05) is 20.3 Å². The minimum atomic E-state index is 0.577. The lowest BCUT2D eigenvalue weighted by Gasteiger charge is -2.17. The first-order chi connectivity index (χ1) is 6.77. The van der Waals surface area contributed by atoms with E-state index in [2.05, 4.69) is 19.2 Å². The summed E-state index contributed by atoms with van der Waals surface area (Å²) in [5.41, 5.74) is 0. The van der Waals surface area contributed by atoms with Crippen LogP contribution in [0.4, 0.5) is 0 Å².